The lowest BCUT2D eigenvalue weighted by Gasteiger charge is -2.20. The third-order valence-electron chi connectivity index (χ3n) is 6.58. The Morgan fingerprint density at radius 3 is 2.69 bits per heavy atom. The molecule has 8 nitrogen and oxygen atoms in total. The minimum absolute atomic E-state index is 0.0512. The number of aryl methyl sites for hydroxylation is 1. The first-order chi connectivity index (χ1) is 17.2. The van der Waals surface area contributed by atoms with E-state index in [1.807, 2.05) is 13.0 Å². The highest BCUT2D eigenvalue weighted by Crippen LogP contribution is 2.36. The van der Waals surface area contributed by atoms with Crippen molar-refractivity contribution >= 4 is 61.6 Å². The number of fused-ring (bicyclic) bond motifs is 1. The number of carbonyl (C=O) groups excluding carboxylic acids is 1. The lowest BCUT2D eigenvalue weighted by Crippen LogP contribution is -2.39. The number of sulfone groups is 1. The van der Waals surface area contributed by atoms with E-state index in [0.717, 1.165) is 30.2 Å². The Morgan fingerprint density at radius 2 is 1.97 bits per heavy atom. The van der Waals surface area contributed by atoms with Gasteiger partial charge in [-0.1, -0.05) is 69.1 Å². The second-order valence-electron chi connectivity index (χ2n) is 9.37. The number of aromatic nitrogens is 2. The maximum Gasteiger partial charge on any atom is 0.267 e. The van der Waals surface area contributed by atoms with Gasteiger partial charge in [0, 0.05) is 12.7 Å². The maximum atomic E-state index is 13.5. The molecule has 194 valence electrons. The summed E-state index contributed by atoms with van der Waals surface area (Å²) in [5, 5.41) is 3.33. The van der Waals surface area contributed by atoms with Crippen molar-refractivity contribution in [1.29, 1.82) is 0 Å². The average molecular weight is 549 g/mol. The Kier molecular flexibility index (Phi) is 8.52. The van der Waals surface area contributed by atoms with E-state index in [1.165, 1.54) is 35.0 Å². The fraction of sp³-hybridized carbons (Fsp3) is 0.520. The summed E-state index contributed by atoms with van der Waals surface area (Å²) in [6, 6.07) is 3.23. The number of carbonyl (C=O) groups is 1. The molecule has 2 aromatic heterocycles. The van der Waals surface area contributed by atoms with E-state index in [4.69, 9.17) is 17.2 Å². The van der Waals surface area contributed by atoms with Crippen LogP contribution in [0.1, 0.15) is 63.0 Å². The SMILES string of the molecule is CCCCCCCCNc1nc2c(C)cccn2c(=O)c1C=C1SC(=S)N([C@@H]2CCS(=O)(=O)C2)C1=O. The first-order valence-electron chi connectivity index (χ1n) is 12.4. The van der Waals surface area contributed by atoms with Crippen LogP contribution in [0.15, 0.2) is 28.0 Å². The Hall–Kier alpha value is -2.24. The van der Waals surface area contributed by atoms with Crippen molar-refractivity contribution in [3.63, 3.8) is 0 Å². The molecule has 0 aliphatic carbocycles. The van der Waals surface area contributed by atoms with Gasteiger partial charge in [0.2, 0.25) is 0 Å². The molecular weight excluding hydrogens is 517 g/mol. The molecule has 2 aliphatic heterocycles. The van der Waals surface area contributed by atoms with Gasteiger partial charge >= 0.3 is 0 Å². The standard InChI is InChI=1S/C25H32N4O4S3/c1-3-4-5-6-7-8-12-26-21-19(23(30)28-13-9-10-17(2)22(28)27-21)15-20-24(31)29(25(34)35-20)18-11-14-36(32,33)16-18/h9-10,13,15,18,26H,3-8,11-12,14,16H2,1-2H3/t18-/m1/s1. The van der Waals surface area contributed by atoms with Gasteiger partial charge in [0.15, 0.2) is 9.84 Å². The fourth-order valence-electron chi connectivity index (χ4n) is 4.59. The zero-order chi connectivity index (χ0) is 25.9. The number of hydrogen-bond donors (Lipinski definition) is 1. The molecule has 4 heterocycles. The summed E-state index contributed by atoms with van der Waals surface area (Å²) in [6.07, 6.45) is 10.5. The van der Waals surface area contributed by atoms with Crippen LogP contribution in [0.4, 0.5) is 5.82 Å². The lowest BCUT2D eigenvalue weighted by molar-refractivity contribution is -0.123. The van der Waals surface area contributed by atoms with E-state index in [2.05, 4.69) is 12.2 Å². The highest BCUT2D eigenvalue weighted by atomic mass is 32.2. The van der Waals surface area contributed by atoms with Crippen molar-refractivity contribution in [1.82, 2.24) is 14.3 Å². The number of pyridine rings is 1. The van der Waals surface area contributed by atoms with Crippen molar-refractivity contribution in [3.05, 3.63) is 44.7 Å². The number of unbranched alkanes of at least 4 members (excludes halogenated alkanes) is 5. The van der Waals surface area contributed by atoms with Gasteiger partial charge in [-0.15, -0.1) is 0 Å². The van der Waals surface area contributed by atoms with Gasteiger partial charge < -0.3 is 5.32 Å². The molecule has 2 saturated heterocycles. The molecular formula is C25H32N4O4S3. The highest BCUT2D eigenvalue weighted by molar-refractivity contribution is 8.26. The largest absolute Gasteiger partial charge is 0.369 e. The van der Waals surface area contributed by atoms with E-state index in [9.17, 15) is 18.0 Å². The van der Waals surface area contributed by atoms with Crippen molar-refractivity contribution < 1.29 is 13.2 Å². The molecule has 0 spiro atoms. The molecule has 2 fully saturated rings. The number of thiocarbonyl (C=S) groups is 1. The van der Waals surface area contributed by atoms with E-state index in [1.54, 1.807) is 18.3 Å². The van der Waals surface area contributed by atoms with Crippen LogP contribution < -0.4 is 10.9 Å². The van der Waals surface area contributed by atoms with Gasteiger partial charge in [0.1, 0.15) is 15.8 Å². The van der Waals surface area contributed by atoms with Gasteiger partial charge in [0.05, 0.1) is 28.0 Å². The smallest absolute Gasteiger partial charge is 0.267 e. The van der Waals surface area contributed by atoms with E-state index in [-0.39, 0.29) is 23.0 Å². The van der Waals surface area contributed by atoms with Gasteiger partial charge in [-0.2, -0.15) is 0 Å². The molecule has 11 heteroatoms. The maximum absolute atomic E-state index is 13.5. The molecule has 2 aromatic rings. The Balaban J connectivity index is 1.62. The number of amides is 1. The predicted molar refractivity (Wildman–Crippen MR) is 150 cm³/mol. The third kappa shape index (κ3) is 5.84. The molecule has 0 radical (unpaired) electrons. The summed E-state index contributed by atoms with van der Waals surface area (Å²) >= 11 is 6.53. The molecule has 1 amide bonds. The van der Waals surface area contributed by atoms with Crippen LogP contribution in [-0.2, 0) is 14.6 Å². The number of thioether (sulfide) groups is 1. The minimum Gasteiger partial charge on any atom is -0.369 e. The number of nitrogens with zero attached hydrogens (tertiary/aromatic N) is 3. The Labute approximate surface area is 221 Å². The summed E-state index contributed by atoms with van der Waals surface area (Å²) in [4.78, 5) is 33.2. The topological polar surface area (TPSA) is 101 Å². The van der Waals surface area contributed by atoms with Gasteiger partial charge in [-0.25, -0.2) is 13.4 Å². The van der Waals surface area contributed by atoms with Gasteiger partial charge in [-0.3, -0.25) is 18.9 Å². The summed E-state index contributed by atoms with van der Waals surface area (Å²) in [7, 11) is -3.17. The second kappa shape index (κ2) is 11.4. The van der Waals surface area contributed by atoms with E-state index >= 15 is 0 Å². The summed E-state index contributed by atoms with van der Waals surface area (Å²) < 4.78 is 25.7. The summed E-state index contributed by atoms with van der Waals surface area (Å²) in [5.74, 6) is 0.0478. The zero-order valence-corrected chi connectivity index (χ0v) is 23.1. The summed E-state index contributed by atoms with van der Waals surface area (Å²) in [5.41, 5.74) is 1.46. The number of nitrogens with one attached hydrogen (secondary N) is 1. The van der Waals surface area contributed by atoms with Crippen LogP contribution in [0.2, 0.25) is 0 Å². The van der Waals surface area contributed by atoms with Crippen molar-refractivity contribution in [2.45, 2.75) is 64.8 Å². The van der Waals surface area contributed by atoms with Gasteiger partial charge in [0.25, 0.3) is 11.5 Å². The van der Waals surface area contributed by atoms with Crippen molar-refractivity contribution in [2.24, 2.45) is 0 Å². The van der Waals surface area contributed by atoms with Crippen LogP contribution in [0, 0.1) is 6.92 Å². The lowest BCUT2D eigenvalue weighted by atomic mass is 10.1. The fourth-order valence-corrected chi connectivity index (χ4v) is 7.68. The first-order valence-corrected chi connectivity index (χ1v) is 15.5. The number of rotatable bonds is 10. The molecule has 4 rings (SSSR count). The molecule has 0 unspecified atom stereocenters. The average Bonchev–Trinajstić information content (AvgIpc) is 3.32. The second-order valence-corrected chi connectivity index (χ2v) is 13.3. The monoisotopic (exact) mass is 548 g/mol. The highest BCUT2D eigenvalue weighted by Gasteiger charge is 2.42. The van der Waals surface area contributed by atoms with Crippen molar-refractivity contribution in [2.75, 3.05) is 23.4 Å². The molecule has 36 heavy (non-hydrogen) atoms. The quantitative estimate of drug-likeness (QED) is 0.268. The molecule has 0 aromatic carbocycles. The van der Waals surface area contributed by atoms with Crippen LogP contribution in [0.3, 0.4) is 0 Å². The van der Waals surface area contributed by atoms with Gasteiger partial charge in [-0.05, 0) is 37.5 Å². The third-order valence-corrected chi connectivity index (χ3v) is 9.66. The van der Waals surface area contributed by atoms with Crippen LogP contribution in [-0.4, -0.2) is 57.0 Å². The Bertz CT molecular complexity index is 1370. The van der Waals surface area contributed by atoms with E-state index < -0.39 is 15.9 Å². The minimum atomic E-state index is -3.17. The van der Waals surface area contributed by atoms with Crippen LogP contribution in [0.25, 0.3) is 11.7 Å². The molecule has 0 saturated carbocycles. The molecule has 2 aliphatic rings. The zero-order valence-electron chi connectivity index (χ0n) is 20.7. The van der Waals surface area contributed by atoms with Crippen LogP contribution >= 0.6 is 24.0 Å². The molecule has 1 N–H and O–H groups in total. The molecule has 1 atom stereocenters. The number of anilines is 1. The summed E-state index contributed by atoms with van der Waals surface area (Å²) in [6.45, 7) is 4.76. The molecule has 0 bridgehead atoms. The Morgan fingerprint density at radius 1 is 1.22 bits per heavy atom. The van der Waals surface area contributed by atoms with Crippen LogP contribution in [0.5, 0.6) is 0 Å². The predicted octanol–water partition coefficient (Wildman–Crippen LogP) is 4.16. The van der Waals surface area contributed by atoms with Crippen molar-refractivity contribution in [3.8, 4) is 0 Å². The number of hydrogen-bond acceptors (Lipinski definition) is 8. The normalized spacial score (nSPS) is 20.7. The first kappa shape index (κ1) is 26.8. The van der Waals surface area contributed by atoms with E-state index in [0.29, 0.717) is 39.2 Å².